The lowest BCUT2D eigenvalue weighted by Gasteiger charge is -2.25. The topological polar surface area (TPSA) is 16.1 Å². The van der Waals surface area contributed by atoms with Crippen molar-refractivity contribution in [1.82, 2.24) is 4.98 Å². The molecule has 0 bridgehead atoms. The van der Waals surface area contributed by atoms with Crippen LogP contribution in [0.15, 0.2) is 47.1 Å². The second-order valence-electron chi connectivity index (χ2n) is 4.70. The van der Waals surface area contributed by atoms with Gasteiger partial charge in [0.05, 0.1) is 0 Å². The molecule has 0 fully saturated rings. The molecule has 0 saturated heterocycles. The van der Waals surface area contributed by atoms with Gasteiger partial charge in [0.2, 0.25) is 0 Å². The van der Waals surface area contributed by atoms with Crippen LogP contribution in [0.25, 0.3) is 0 Å². The highest BCUT2D eigenvalue weighted by molar-refractivity contribution is 9.10. The average molecular weight is 319 g/mol. The molecule has 2 aromatic rings. The summed E-state index contributed by atoms with van der Waals surface area (Å²) in [5.41, 5.74) is 2.53. The maximum atomic E-state index is 4.57. The normalized spacial score (nSPS) is 10.5. The lowest BCUT2D eigenvalue weighted by molar-refractivity contribution is 0.751. The zero-order chi connectivity index (χ0) is 13.7. The molecule has 0 saturated carbocycles. The molecule has 0 spiro atoms. The number of rotatable bonds is 5. The predicted octanol–water partition coefficient (Wildman–Crippen LogP) is 4.57. The molecule has 0 radical (unpaired) electrons. The molecule has 0 aliphatic heterocycles. The van der Waals surface area contributed by atoms with Gasteiger partial charge < -0.3 is 4.90 Å². The van der Waals surface area contributed by atoms with Gasteiger partial charge in [0.1, 0.15) is 5.82 Å². The van der Waals surface area contributed by atoms with Gasteiger partial charge in [-0.15, -0.1) is 0 Å². The summed E-state index contributed by atoms with van der Waals surface area (Å²) in [4.78, 5) is 6.92. The van der Waals surface area contributed by atoms with Gasteiger partial charge in [-0.25, -0.2) is 4.98 Å². The summed E-state index contributed by atoms with van der Waals surface area (Å²) in [6, 6.07) is 12.7. The van der Waals surface area contributed by atoms with Crippen molar-refractivity contribution in [1.29, 1.82) is 0 Å². The van der Waals surface area contributed by atoms with E-state index in [0.717, 1.165) is 29.8 Å². The van der Waals surface area contributed by atoms with E-state index in [0.29, 0.717) is 0 Å². The predicted molar refractivity (Wildman–Crippen MR) is 84.5 cm³/mol. The number of hydrogen-bond donors (Lipinski definition) is 0. The molecule has 1 aromatic heterocycles. The van der Waals surface area contributed by atoms with E-state index < -0.39 is 0 Å². The molecule has 1 heterocycles. The molecule has 2 rings (SSSR count). The van der Waals surface area contributed by atoms with Gasteiger partial charge in [0.25, 0.3) is 0 Å². The monoisotopic (exact) mass is 318 g/mol. The summed E-state index contributed by atoms with van der Waals surface area (Å²) in [6.07, 6.45) is 2.99. The lowest BCUT2D eigenvalue weighted by atomic mass is 10.2. The first-order valence-corrected chi connectivity index (χ1v) is 7.41. The molecule has 0 N–H and O–H groups in total. The maximum Gasteiger partial charge on any atom is 0.131 e. The minimum Gasteiger partial charge on any atom is -0.352 e. The van der Waals surface area contributed by atoms with E-state index in [-0.39, 0.29) is 0 Å². The molecule has 0 aliphatic rings. The number of halogens is 1. The van der Waals surface area contributed by atoms with E-state index in [1.807, 2.05) is 6.20 Å². The Morgan fingerprint density at radius 2 is 1.95 bits per heavy atom. The van der Waals surface area contributed by atoms with Crippen molar-refractivity contribution in [3.63, 3.8) is 0 Å². The Morgan fingerprint density at radius 1 is 1.21 bits per heavy atom. The summed E-state index contributed by atoms with van der Waals surface area (Å²) in [5, 5.41) is 0. The molecule has 0 atom stereocenters. The molecule has 19 heavy (non-hydrogen) atoms. The van der Waals surface area contributed by atoms with Crippen molar-refractivity contribution < 1.29 is 0 Å². The van der Waals surface area contributed by atoms with Crippen molar-refractivity contribution in [2.45, 2.75) is 26.8 Å². The number of anilines is 1. The van der Waals surface area contributed by atoms with Gasteiger partial charge in [0, 0.05) is 23.8 Å². The smallest absolute Gasteiger partial charge is 0.131 e. The molecule has 2 nitrogen and oxygen atoms in total. The molecule has 0 aliphatic carbocycles. The van der Waals surface area contributed by atoms with Crippen LogP contribution < -0.4 is 4.90 Å². The van der Waals surface area contributed by atoms with Crippen LogP contribution in [0.4, 0.5) is 5.82 Å². The number of aryl methyl sites for hydroxylation is 1. The summed E-state index contributed by atoms with van der Waals surface area (Å²) < 4.78 is 1.03. The van der Waals surface area contributed by atoms with Crippen molar-refractivity contribution >= 4 is 21.7 Å². The van der Waals surface area contributed by atoms with E-state index >= 15 is 0 Å². The lowest BCUT2D eigenvalue weighted by Crippen LogP contribution is -2.25. The molecule has 0 unspecified atom stereocenters. The largest absolute Gasteiger partial charge is 0.352 e. The van der Waals surface area contributed by atoms with Gasteiger partial charge in [0.15, 0.2) is 0 Å². The summed E-state index contributed by atoms with van der Waals surface area (Å²) in [5.74, 6) is 1.08. The first-order chi connectivity index (χ1) is 9.20. The zero-order valence-corrected chi connectivity index (χ0v) is 13.0. The molecule has 3 heteroatoms. The number of benzene rings is 1. The molecular weight excluding hydrogens is 300 g/mol. The van der Waals surface area contributed by atoms with Crippen LogP contribution in [0.2, 0.25) is 0 Å². The average Bonchev–Trinajstić information content (AvgIpc) is 2.39. The molecular formula is C16H19BrN2. The van der Waals surface area contributed by atoms with Gasteiger partial charge in [-0.2, -0.15) is 0 Å². The zero-order valence-electron chi connectivity index (χ0n) is 11.4. The molecule has 1 aromatic carbocycles. The maximum absolute atomic E-state index is 4.57. The van der Waals surface area contributed by atoms with Gasteiger partial charge in [-0.05, 0) is 46.5 Å². The summed E-state index contributed by atoms with van der Waals surface area (Å²) in [7, 11) is 0. The highest BCUT2D eigenvalue weighted by atomic mass is 79.9. The van der Waals surface area contributed by atoms with Gasteiger partial charge in [-0.3, -0.25) is 0 Å². The van der Waals surface area contributed by atoms with Crippen LogP contribution in [0.3, 0.4) is 0 Å². The Bertz CT molecular complexity index is 526. The fourth-order valence-electron chi connectivity index (χ4n) is 2.20. The number of hydrogen-bond acceptors (Lipinski definition) is 2. The van der Waals surface area contributed by atoms with Crippen LogP contribution in [0, 0.1) is 6.92 Å². The van der Waals surface area contributed by atoms with E-state index in [4.69, 9.17) is 0 Å². The summed E-state index contributed by atoms with van der Waals surface area (Å²) >= 11 is 3.47. The third-order valence-electron chi connectivity index (χ3n) is 3.03. The Labute approximate surface area is 123 Å². The van der Waals surface area contributed by atoms with Crippen LogP contribution in [0.1, 0.15) is 24.5 Å². The highest BCUT2D eigenvalue weighted by Crippen LogP contribution is 2.22. The van der Waals surface area contributed by atoms with Gasteiger partial charge in [-0.1, -0.05) is 37.3 Å². The highest BCUT2D eigenvalue weighted by Gasteiger charge is 2.10. The van der Waals surface area contributed by atoms with Crippen LogP contribution in [0.5, 0.6) is 0 Å². The minimum absolute atomic E-state index is 0.907. The van der Waals surface area contributed by atoms with E-state index in [1.165, 1.54) is 11.1 Å². The Morgan fingerprint density at radius 3 is 2.58 bits per heavy atom. The second kappa shape index (κ2) is 6.71. The fraction of sp³-hybridized carbons (Fsp3) is 0.312. The standard InChI is InChI=1S/C16H19BrN2/c1-3-9-19(12-14-7-5-4-6-8-14)16-13(2)10-15(17)11-18-16/h4-8,10-11H,3,9,12H2,1-2H3. The van der Waals surface area contributed by atoms with Crippen LogP contribution in [-0.4, -0.2) is 11.5 Å². The van der Waals surface area contributed by atoms with Crippen molar-refractivity contribution in [3.8, 4) is 0 Å². The molecule has 0 amide bonds. The SMILES string of the molecule is CCCN(Cc1ccccc1)c1ncc(Br)cc1C. The second-order valence-corrected chi connectivity index (χ2v) is 5.62. The first-order valence-electron chi connectivity index (χ1n) is 6.61. The summed E-state index contributed by atoms with van der Waals surface area (Å²) in [6.45, 7) is 6.24. The number of aromatic nitrogens is 1. The minimum atomic E-state index is 0.907. The van der Waals surface area contributed by atoms with Crippen LogP contribution >= 0.6 is 15.9 Å². The van der Waals surface area contributed by atoms with Gasteiger partial charge >= 0.3 is 0 Å². The fourth-order valence-corrected chi connectivity index (χ4v) is 2.64. The third-order valence-corrected chi connectivity index (χ3v) is 3.46. The van der Waals surface area contributed by atoms with Crippen LogP contribution in [-0.2, 0) is 6.54 Å². The van der Waals surface area contributed by atoms with E-state index in [2.05, 4.69) is 76.1 Å². The van der Waals surface area contributed by atoms with Crippen molar-refractivity contribution in [2.24, 2.45) is 0 Å². The Hall–Kier alpha value is -1.35. The molecule has 100 valence electrons. The first kappa shape index (κ1) is 14.1. The number of nitrogens with zero attached hydrogens (tertiary/aromatic N) is 2. The van der Waals surface area contributed by atoms with Crippen molar-refractivity contribution in [3.05, 3.63) is 58.2 Å². The van der Waals surface area contributed by atoms with E-state index in [9.17, 15) is 0 Å². The Kier molecular flexibility index (Phi) is 4.97. The Balaban J connectivity index is 2.24. The van der Waals surface area contributed by atoms with Crippen molar-refractivity contribution in [2.75, 3.05) is 11.4 Å². The number of pyridine rings is 1. The third kappa shape index (κ3) is 3.80. The van der Waals surface area contributed by atoms with E-state index in [1.54, 1.807) is 0 Å². The quantitative estimate of drug-likeness (QED) is 0.802.